The molecule has 0 aliphatic rings. The Bertz CT molecular complexity index is 1250. The van der Waals surface area contributed by atoms with Crippen LogP contribution in [0.25, 0.3) is 16.9 Å². The topological polar surface area (TPSA) is 84.1 Å². The number of ether oxygens (including phenoxy) is 1. The Morgan fingerprint density at radius 1 is 1.21 bits per heavy atom. The van der Waals surface area contributed by atoms with Gasteiger partial charge in [0.1, 0.15) is 5.60 Å². The highest BCUT2D eigenvalue weighted by atomic mass is 79.9. The number of halogens is 4. The van der Waals surface area contributed by atoms with E-state index in [1.807, 2.05) is 0 Å². The number of carboxylic acids is 1. The quantitative estimate of drug-likeness (QED) is 0.400. The van der Waals surface area contributed by atoms with E-state index in [9.17, 15) is 27.9 Å². The van der Waals surface area contributed by atoms with Crippen molar-refractivity contribution in [3.8, 4) is 11.3 Å². The zero-order valence-corrected chi connectivity index (χ0v) is 20.5. The number of aromatic nitrogens is 2. The molecule has 0 aliphatic carbocycles. The fourth-order valence-corrected chi connectivity index (χ4v) is 3.80. The van der Waals surface area contributed by atoms with E-state index in [1.54, 1.807) is 50.4 Å². The van der Waals surface area contributed by atoms with Crippen molar-refractivity contribution in [1.82, 2.24) is 9.38 Å². The lowest BCUT2D eigenvalue weighted by molar-refractivity contribution is -0.132. The van der Waals surface area contributed by atoms with Crippen molar-refractivity contribution in [1.29, 1.82) is 0 Å². The SMILES string of the molecule is Cc1cc(-c2cnc3c(N(CCC(F)(F)F)C(=O)OC(C)(C)C)cc(Br)cn23)ccc1C(=O)O. The second-order valence-electron chi connectivity index (χ2n) is 8.71. The Hall–Kier alpha value is -3.08. The number of pyridine rings is 1. The second kappa shape index (κ2) is 9.28. The van der Waals surface area contributed by atoms with Gasteiger partial charge in [-0.05, 0) is 67.4 Å². The average Bonchev–Trinajstić information content (AvgIpc) is 3.09. The number of anilines is 1. The molecule has 3 aromatic rings. The fraction of sp³-hybridized carbons (Fsp3) is 0.348. The molecule has 0 fully saturated rings. The molecule has 0 atom stereocenters. The number of alkyl halides is 3. The van der Waals surface area contributed by atoms with Gasteiger partial charge in [-0.1, -0.05) is 6.07 Å². The Balaban J connectivity index is 2.14. The standard InChI is InChI=1S/C23H23BrF3N3O4/c1-13-9-14(5-6-16(13)20(31)32)18-11-28-19-17(10-15(24)12-30(18)19)29(8-7-23(25,26)27)21(33)34-22(2,3)4/h5-6,9-12H,7-8H2,1-4H3,(H,31,32). The number of amides is 1. The van der Waals surface area contributed by atoms with Gasteiger partial charge in [0.25, 0.3) is 0 Å². The molecule has 1 N–H and O–H groups in total. The largest absolute Gasteiger partial charge is 0.478 e. The minimum absolute atomic E-state index is 0.137. The van der Waals surface area contributed by atoms with E-state index in [0.717, 1.165) is 4.90 Å². The number of fused-ring (bicyclic) bond motifs is 1. The number of nitrogens with zero attached hydrogens (tertiary/aromatic N) is 3. The van der Waals surface area contributed by atoms with Crippen LogP contribution in [0.3, 0.4) is 0 Å². The van der Waals surface area contributed by atoms with Gasteiger partial charge in [-0.15, -0.1) is 0 Å². The molecule has 7 nitrogen and oxygen atoms in total. The van der Waals surface area contributed by atoms with Gasteiger partial charge in [0.2, 0.25) is 0 Å². The van der Waals surface area contributed by atoms with Gasteiger partial charge >= 0.3 is 18.2 Å². The monoisotopic (exact) mass is 541 g/mol. The van der Waals surface area contributed by atoms with Crippen LogP contribution < -0.4 is 4.90 Å². The highest BCUT2D eigenvalue weighted by Gasteiger charge is 2.32. The average molecular weight is 542 g/mol. The summed E-state index contributed by atoms with van der Waals surface area (Å²) in [5.41, 5.74) is 1.37. The number of carbonyl (C=O) groups is 2. The number of carbonyl (C=O) groups excluding carboxylic acids is 1. The molecule has 0 saturated heterocycles. The lowest BCUT2D eigenvalue weighted by Crippen LogP contribution is -2.39. The van der Waals surface area contributed by atoms with Crippen LogP contribution in [0.5, 0.6) is 0 Å². The summed E-state index contributed by atoms with van der Waals surface area (Å²) >= 11 is 3.36. The van der Waals surface area contributed by atoms with E-state index in [-0.39, 0.29) is 16.9 Å². The van der Waals surface area contributed by atoms with Crippen LogP contribution in [0, 0.1) is 6.92 Å². The predicted octanol–water partition coefficient (Wildman–Crippen LogP) is 6.46. The van der Waals surface area contributed by atoms with Crippen LogP contribution in [0.15, 0.2) is 41.1 Å². The fourth-order valence-electron chi connectivity index (χ4n) is 3.38. The van der Waals surface area contributed by atoms with Gasteiger partial charge in [-0.25, -0.2) is 14.6 Å². The van der Waals surface area contributed by atoms with E-state index >= 15 is 0 Å². The van der Waals surface area contributed by atoms with Gasteiger partial charge in [0.15, 0.2) is 5.65 Å². The third-order valence-electron chi connectivity index (χ3n) is 4.83. The molecule has 1 amide bonds. The molecular formula is C23H23BrF3N3O4. The minimum Gasteiger partial charge on any atom is -0.478 e. The predicted molar refractivity (Wildman–Crippen MR) is 124 cm³/mol. The summed E-state index contributed by atoms with van der Waals surface area (Å²) in [6.45, 7) is 5.89. The van der Waals surface area contributed by atoms with Crippen LogP contribution in [0.1, 0.15) is 43.1 Å². The molecule has 0 bridgehead atoms. The summed E-state index contributed by atoms with van der Waals surface area (Å²) in [5.74, 6) is -1.05. The zero-order chi connectivity index (χ0) is 25.4. The van der Waals surface area contributed by atoms with Crippen molar-refractivity contribution in [2.75, 3.05) is 11.4 Å². The second-order valence-corrected chi connectivity index (χ2v) is 9.63. The summed E-state index contributed by atoms with van der Waals surface area (Å²) in [4.78, 5) is 29.5. The Morgan fingerprint density at radius 2 is 1.88 bits per heavy atom. The van der Waals surface area contributed by atoms with Gasteiger partial charge in [0, 0.05) is 22.8 Å². The summed E-state index contributed by atoms with van der Waals surface area (Å²) in [5, 5.41) is 9.28. The molecule has 11 heteroatoms. The molecular weight excluding hydrogens is 519 g/mol. The molecule has 2 heterocycles. The van der Waals surface area contributed by atoms with E-state index in [4.69, 9.17) is 4.74 Å². The third-order valence-corrected chi connectivity index (χ3v) is 5.26. The van der Waals surface area contributed by atoms with Gasteiger partial charge in [-0.2, -0.15) is 13.2 Å². The molecule has 0 aliphatic heterocycles. The number of benzene rings is 1. The molecule has 3 rings (SSSR count). The summed E-state index contributed by atoms with van der Waals surface area (Å²) in [6.07, 6.45) is -3.46. The highest BCUT2D eigenvalue weighted by Crippen LogP contribution is 2.33. The molecule has 0 unspecified atom stereocenters. The van der Waals surface area contributed by atoms with Crippen molar-refractivity contribution < 1.29 is 32.6 Å². The summed E-state index contributed by atoms with van der Waals surface area (Å²) in [7, 11) is 0. The Labute approximate surface area is 202 Å². The molecule has 1 aromatic carbocycles. The van der Waals surface area contributed by atoms with E-state index in [2.05, 4.69) is 20.9 Å². The Morgan fingerprint density at radius 3 is 2.44 bits per heavy atom. The van der Waals surface area contributed by atoms with Gasteiger partial charge in [-0.3, -0.25) is 9.30 Å². The van der Waals surface area contributed by atoms with E-state index in [0.29, 0.717) is 21.3 Å². The number of aromatic carboxylic acids is 1. The zero-order valence-electron chi connectivity index (χ0n) is 18.9. The van der Waals surface area contributed by atoms with Crippen molar-refractivity contribution in [3.05, 3.63) is 52.3 Å². The molecule has 34 heavy (non-hydrogen) atoms. The maximum absolute atomic E-state index is 13.0. The van der Waals surface area contributed by atoms with Crippen LogP contribution in [0.2, 0.25) is 0 Å². The number of rotatable bonds is 5. The first-order chi connectivity index (χ1) is 15.7. The van der Waals surface area contributed by atoms with Gasteiger partial charge < -0.3 is 9.84 Å². The van der Waals surface area contributed by atoms with Crippen LogP contribution in [-0.4, -0.2) is 44.9 Å². The number of hydrogen-bond donors (Lipinski definition) is 1. The van der Waals surface area contributed by atoms with Crippen LogP contribution in [-0.2, 0) is 4.74 Å². The maximum atomic E-state index is 13.0. The minimum atomic E-state index is -4.48. The first-order valence-electron chi connectivity index (χ1n) is 10.2. The highest BCUT2D eigenvalue weighted by molar-refractivity contribution is 9.10. The molecule has 0 radical (unpaired) electrons. The first kappa shape index (κ1) is 25.5. The summed E-state index contributed by atoms with van der Waals surface area (Å²) < 4.78 is 46.6. The lowest BCUT2D eigenvalue weighted by atomic mass is 10.0. The lowest BCUT2D eigenvalue weighted by Gasteiger charge is -2.28. The number of hydrogen-bond acceptors (Lipinski definition) is 4. The number of imidazole rings is 1. The van der Waals surface area contributed by atoms with Crippen molar-refractivity contribution in [3.63, 3.8) is 0 Å². The maximum Gasteiger partial charge on any atom is 0.414 e. The van der Waals surface area contributed by atoms with Crippen LogP contribution >= 0.6 is 15.9 Å². The first-order valence-corrected chi connectivity index (χ1v) is 11.0. The van der Waals surface area contributed by atoms with Crippen molar-refractivity contribution in [2.45, 2.75) is 45.9 Å². The van der Waals surface area contributed by atoms with E-state index < -0.39 is 36.8 Å². The van der Waals surface area contributed by atoms with Crippen LogP contribution in [0.4, 0.5) is 23.7 Å². The Kier molecular flexibility index (Phi) is 6.97. The molecule has 2 aromatic heterocycles. The van der Waals surface area contributed by atoms with Gasteiger partial charge in [0.05, 0.1) is 29.6 Å². The molecule has 0 saturated carbocycles. The number of carboxylic acid groups (broad SMARTS) is 1. The smallest absolute Gasteiger partial charge is 0.414 e. The van der Waals surface area contributed by atoms with Crippen molar-refractivity contribution >= 4 is 39.3 Å². The molecule has 0 spiro atoms. The summed E-state index contributed by atoms with van der Waals surface area (Å²) in [6, 6.07) is 6.28. The van der Waals surface area contributed by atoms with E-state index in [1.165, 1.54) is 18.3 Å². The number of aryl methyl sites for hydroxylation is 1. The normalized spacial score (nSPS) is 12.1. The van der Waals surface area contributed by atoms with Crippen molar-refractivity contribution in [2.24, 2.45) is 0 Å². The third kappa shape index (κ3) is 5.88. The molecule has 182 valence electrons.